The smallest absolute Gasteiger partial charge is 0.355 e. The third-order valence-corrected chi connectivity index (χ3v) is 10.1. The summed E-state index contributed by atoms with van der Waals surface area (Å²) in [6.45, 7) is 9.25. The molecule has 262 valence electrons. The minimum absolute atomic E-state index is 0.0288. The lowest BCUT2D eigenvalue weighted by Crippen LogP contribution is -2.54. The molecule has 15 heteroatoms. The number of hydrogen-bond donors (Lipinski definition) is 0. The van der Waals surface area contributed by atoms with E-state index in [-0.39, 0.29) is 59.7 Å². The number of carbonyl (C=O) groups excluding carboxylic acids is 2. The number of esters is 1. The predicted octanol–water partition coefficient (Wildman–Crippen LogP) is 4.58. The molecule has 3 aromatic heterocycles. The number of aromatic nitrogens is 4. The molecule has 6 rings (SSSR count). The SMILES string of the molecule is C=CC(=O)N1CCN(c2nc(=O)n(-c3c(C4CCC4)ccnc3S(C)(=O)=O)c3nc(-c4c(F)cccc4OC(=O)C(C)C)c(F)cc23)[C@@H](C)C1. The minimum Gasteiger partial charge on any atom is -0.425 e. The molecule has 0 spiro atoms. The summed E-state index contributed by atoms with van der Waals surface area (Å²) < 4.78 is 64.9. The Morgan fingerprint density at radius 3 is 2.46 bits per heavy atom. The van der Waals surface area contributed by atoms with E-state index in [0.717, 1.165) is 42.2 Å². The molecular weight excluding hydrogens is 670 g/mol. The van der Waals surface area contributed by atoms with E-state index in [1.165, 1.54) is 24.4 Å². The molecule has 0 unspecified atom stereocenters. The summed E-state index contributed by atoms with van der Waals surface area (Å²) in [4.78, 5) is 55.7. The second-order valence-corrected chi connectivity index (χ2v) is 14.8. The molecular formula is C35H36F2N6O6S. The fraction of sp³-hybridized carbons (Fsp3) is 0.371. The summed E-state index contributed by atoms with van der Waals surface area (Å²) >= 11 is 0. The average Bonchev–Trinajstić information content (AvgIpc) is 3.03. The van der Waals surface area contributed by atoms with Crippen LogP contribution in [-0.2, 0) is 19.4 Å². The first kappa shape index (κ1) is 34.8. The molecule has 1 saturated carbocycles. The van der Waals surface area contributed by atoms with Crippen molar-refractivity contribution in [2.75, 3.05) is 30.8 Å². The maximum atomic E-state index is 16.4. The normalized spacial score (nSPS) is 16.8. The van der Waals surface area contributed by atoms with Crippen molar-refractivity contribution >= 4 is 38.6 Å². The molecule has 1 aliphatic heterocycles. The van der Waals surface area contributed by atoms with Crippen molar-refractivity contribution in [1.82, 2.24) is 24.4 Å². The number of ether oxygens (including phenoxy) is 1. The summed E-state index contributed by atoms with van der Waals surface area (Å²) in [7, 11) is -4.04. The number of carbonyl (C=O) groups is 2. The number of anilines is 1. The second-order valence-electron chi connectivity index (χ2n) is 12.9. The topological polar surface area (TPSA) is 145 Å². The lowest BCUT2D eigenvalue weighted by molar-refractivity contribution is -0.137. The fourth-order valence-electron chi connectivity index (χ4n) is 6.34. The van der Waals surface area contributed by atoms with Crippen LogP contribution >= 0.6 is 0 Å². The van der Waals surface area contributed by atoms with Gasteiger partial charge in [0.2, 0.25) is 5.91 Å². The molecule has 1 saturated heterocycles. The summed E-state index contributed by atoms with van der Waals surface area (Å²) in [6.07, 6.45) is 5.90. The number of rotatable bonds is 8. The van der Waals surface area contributed by atoms with Gasteiger partial charge in [-0.05, 0) is 61.6 Å². The molecule has 4 aromatic rings. The maximum absolute atomic E-state index is 16.4. The Hall–Kier alpha value is -5.05. The number of nitrogens with zero attached hydrogens (tertiary/aromatic N) is 6. The van der Waals surface area contributed by atoms with Gasteiger partial charge in [-0.15, -0.1) is 0 Å². The van der Waals surface area contributed by atoms with Crippen molar-refractivity contribution in [1.29, 1.82) is 0 Å². The minimum atomic E-state index is -4.04. The highest BCUT2D eigenvalue weighted by atomic mass is 32.2. The van der Waals surface area contributed by atoms with E-state index in [2.05, 4.69) is 21.5 Å². The Labute approximate surface area is 287 Å². The van der Waals surface area contributed by atoms with Crippen LogP contribution in [0.5, 0.6) is 5.75 Å². The highest BCUT2D eigenvalue weighted by Crippen LogP contribution is 2.42. The first-order chi connectivity index (χ1) is 23.7. The summed E-state index contributed by atoms with van der Waals surface area (Å²) in [5, 5.41) is -0.365. The largest absolute Gasteiger partial charge is 0.425 e. The van der Waals surface area contributed by atoms with Crippen molar-refractivity contribution in [2.24, 2.45) is 5.92 Å². The maximum Gasteiger partial charge on any atom is 0.355 e. The van der Waals surface area contributed by atoms with Gasteiger partial charge >= 0.3 is 11.7 Å². The van der Waals surface area contributed by atoms with E-state index in [1.807, 2.05) is 6.92 Å². The van der Waals surface area contributed by atoms with Crippen LogP contribution in [0.3, 0.4) is 0 Å². The van der Waals surface area contributed by atoms with Crippen LogP contribution in [0, 0.1) is 17.6 Å². The molecule has 0 radical (unpaired) electrons. The van der Waals surface area contributed by atoms with E-state index in [1.54, 1.807) is 29.7 Å². The van der Waals surface area contributed by atoms with Crippen LogP contribution < -0.4 is 15.3 Å². The van der Waals surface area contributed by atoms with E-state index >= 15 is 8.78 Å². The molecule has 0 bridgehead atoms. The number of halogens is 2. The van der Waals surface area contributed by atoms with Gasteiger partial charge in [0.15, 0.2) is 26.3 Å². The van der Waals surface area contributed by atoms with Gasteiger partial charge in [0.05, 0.1) is 22.6 Å². The van der Waals surface area contributed by atoms with Crippen molar-refractivity contribution in [3.8, 4) is 22.7 Å². The fourth-order valence-corrected chi connectivity index (χ4v) is 7.15. The highest BCUT2D eigenvalue weighted by Gasteiger charge is 2.34. The molecule has 1 aliphatic carbocycles. The summed E-state index contributed by atoms with van der Waals surface area (Å²) in [6, 6.07) is 5.97. The van der Waals surface area contributed by atoms with E-state index in [0.29, 0.717) is 5.56 Å². The quantitative estimate of drug-likeness (QED) is 0.145. The zero-order valence-electron chi connectivity index (χ0n) is 28.0. The van der Waals surface area contributed by atoms with Crippen molar-refractivity contribution < 1.29 is 31.5 Å². The number of hydrogen-bond acceptors (Lipinski definition) is 10. The molecule has 4 heterocycles. The summed E-state index contributed by atoms with van der Waals surface area (Å²) in [5.74, 6) is -3.85. The van der Waals surface area contributed by atoms with Gasteiger partial charge in [-0.3, -0.25) is 9.59 Å². The molecule has 50 heavy (non-hydrogen) atoms. The Morgan fingerprint density at radius 2 is 1.84 bits per heavy atom. The molecule has 0 N–H and O–H groups in total. The zero-order valence-corrected chi connectivity index (χ0v) is 28.8. The monoisotopic (exact) mass is 706 g/mol. The standard InChI is InChI=1S/C35H36F2N6O6S/c1-6-27(44)41-15-16-42(20(4)18-41)31-23-17-25(37)29(28-24(36)11-8-12-26(28)49-34(45)19(2)3)39-32(23)43(35(46)40-31)30-22(21-9-7-10-21)13-14-38-33(30)50(5,47)48/h6,8,11-14,17,19-21H,1,7,9-10,15-16,18H2,2-5H3/t20-/m0/s1. The van der Waals surface area contributed by atoms with E-state index in [4.69, 9.17) is 4.74 Å². The van der Waals surface area contributed by atoms with Crippen LogP contribution in [0.2, 0.25) is 0 Å². The molecule has 1 atom stereocenters. The van der Waals surface area contributed by atoms with Gasteiger partial charge in [0.1, 0.15) is 23.1 Å². The molecule has 1 amide bonds. The van der Waals surface area contributed by atoms with Gasteiger partial charge in [-0.1, -0.05) is 32.9 Å². The van der Waals surface area contributed by atoms with Gasteiger partial charge in [0.25, 0.3) is 0 Å². The Morgan fingerprint density at radius 1 is 1.10 bits per heavy atom. The molecule has 2 aliphatic rings. The van der Waals surface area contributed by atoms with Crippen LogP contribution in [0.15, 0.2) is 59.0 Å². The second kappa shape index (κ2) is 13.3. The Bertz CT molecular complexity index is 2220. The average molecular weight is 707 g/mol. The molecule has 1 aromatic carbocycles. The van der Waals surface area contributed by atoms with E-state index in [9.17, 15) is 22.8 Å². The zero-order chi connectivity index (χ0) is 36.1. The Balaban J connectivity index is 1.68. The van der Waals surface area contributed by atoms with Gasteiger partial charge < -0.3 is 14.5 Å². The van der Waals surface area contributed by atoms with Crippen LogP contribution in [0.1, 0.15) is 51.5 Å². The van der Waals surface area contributed by atoms with Crippen molar-refractivity contribution in [3.05, 3.63) is 76.9 Å². The number of amides is 1. The van der Waals surface area contributed by atoms with E-state index < -0.39 is 61.4 Å². The first-order valence-electron chi connectivity index (χ1n) is 16.2. The molecule has 12 nitrogen and oxygen atoms in total. The highest BCUT2D eigenvalue weighted by molar-refractivity contribution is 7.90. The number of sulfone groups is 1. The lowest BCUT2D eigenvalue weighted by Gasteiger charge is -2.40. The first-order valence-corrected chi connectivity index (χ1v) is 18.1. The number of pyridine rings is 2. The van der Waals surface area contributed by atoms with Crippen LogP contribution in [0.25, 0.3) is 28.0 Å². The van der Waals surface area contributed by atoms with Gasteiger partial charge in [-0.2, -0.15) is 4.98 Å². The van der Waals surface area contributed by atoms with Crippen molar-refractivity contribution in [3.63, 3.8) is 0 Å². The number of benzene rings is 1. The number of piperazine rings is 1. The Kier molecular flexibility index (Phi) is 9.29. The van der Waals surface area contributed by atoms with Crippen LogP contribution in [-0.4, -0.2) is 76.6 Å². The van der Waals surface area contributed by atoms with Gasteiger partial charge in [-0.25, -0.2) is 36.5 Å². The predicted molar refractivity (Wildman–Crippen MR) is 182 cm³/mol. The summed E-state index contributed by atoms with van der Waals surface area (Å²) in [5.41, 5.74) is -1.70. The van der Waals surface area contributed by atoms with Gasteiger partial charge in [0, 0.05) is 38.1 Å². The lowest BCUT2D eigenvalue weighted by atomic mass is 9.79. The van der Waals surface area contributed by atoms with Crippen LogP contribution in [0.4, 0.5) is 14.6 Å². The van der Waals surface area contributed by atoms with Crippen molar-refractivity contribution in [2.45, 2.75) is 57.0 Å². The molecule has 2 fully saturated rings. The third kappa shape index (κ3) is 6.25. The third-order valence-electron chi connectivity index (χ3n) is 9.12. The number of fused-ring (bicyclic) bond motifs is 1.